The van der Waals surface area contributed by atoms with Crippen LogP contribution in [0.2, 0.25) is 0 Å². The van der Waals surface area contributed by atoms with E-state index in [1.807, 2.05) is 6.92 Å². The van der Waals surface area contributed by atoms with Crippen LogP contribution in [0.25, 0.3) is 0 Å². The number of benzene rings is 2. The van der Waals surface area contributed by atoms with E-state index in [0.717, 1.165) is 32.7 Å². The van der Waals surface area contributed by atoms with Gasteiger partial charge in [0.05, 0.1) is 18.6 Å². The normalized spacial score (nSPS) is 26.1. The molecule has 0 aromatic heterocycles. The van der Waals surface area contributed by atoms with Gasteiger partial charge in [0.2, 0.25) is 5.91 Å². The molecule has 0 bridgehead atoms. The highest BCUT2D eigenvalue weighted by atomic mass is 16.5. The quantitative estimate of drug-likeness (QED) is 0.848. The zero-order valence-electron chi connectivity index (χ0n) is 17.7. The van der Waals surface area contributed by atoms with Crippen molar-refractivity contribution in [1.82, 2.24) is 15.1 Å². The average Bonchev–Trinajstić information content (AvgIpc) is 2.78. The maximum Gasteiger partial charge on any atom is 0.233 e. The number of hydrogen-bond donors (Lipinski definition) is 1. The van der Waals surface area contributed by atoms with Gasteiger partial charge in [-0.25, -0.2) is 0 Å². The Kier molecular flexibility index (Phi) is 5.35. The number of carbonyl (C=O) groups is 1. The Morgan fingerprint density at radius 1 is 1.00 bits per heavy atom. The van der Waals surface area contributed by atoms with Crippen LogP contribution in [0.15, 0.2) is 60.7 Å². The van der Waals surface area contributed by atoms with Crippen LogP contribution in [0.5, 0.6) is 0 Å². The Morgan fingerprint density at radius 2 is 1.63 bits per heavy atom. The molecular formula is C25H31N3O2. The van der Waals surface area contributed by atoms with Crippen LogP contribution in [0, 0.1) is 5.41 Å². The lowest BCUT2D eigenvalue weighted by atomic mass is 9.82. The third-order valence-electron chi connectivity index (χ3n) is 7.03. The summed E-state index contributed by atoms with van der Waals surface area (Å²) in [6, 6.07) is 22.4. The fourth-order valence-corrected chi connectivity index (χ4v) is 5.37. The second kappa shape index (κ2) is 8.14. The van der Waals surface area contributed by atoms with E-state index in [1.165, 1.54) is 11.1 Å². The van der Waals surface area contributed by atoms with E-state index in [-0.39, 0.29) is 11.3 Å². The number of hydrogen-bond acceptors (Lipinski definition) is 4. The van der Waals surface area contributed by atoms with E-state index in [0.29, 0.717) is 31.2 Å². The molecule has 2 aromatic rings. The molecule has 2 atom stereocenters. The topological polar surface area (TPSA) is 44.8 Å². The summed E-state index contributed by atoms with van der Waals surface area (Å²) in [5.74, 6) is 0.570. The summed E-state index contributed by atoms with van der Waals surface area (Å²) in [4.78, 5) is 17.8. The van der Waals surface area contributed by atoms with Crippen molar-refractivity contribution in [2.45, 2.75) is 24.9 Å². The Bertz CT molecular complexity index is 829. The van der Waals surface area contributed by atoms with Gasteiger partial charge in [-0.1, -0.05) is 60.7 Å². The maximum atomic E-state index is 13.0. The molecule has 0 spiro atoms. The summed E-state index contributed by atoms with van der Waals surface area (Å²) < 4.78 is 5.33. The minimum Gasteiger partial charge on any atom is -0.379 e. The van der Waals surface area contributed by atoms with Crippen LogP contribution in [-0.2, 0) is 9.53 Å². The van der Waals surface area contributed by atoms with Crippen molar-refractivity contribution < 1.29 is 9.53 Å². The predicted octanol–water partition coefficient (Wildman–Crippen LogP) is 2.34. The Labute approximate surface area is 179 Å². The average molecular weight is 406 g/mol. The fraction of sp³-hybridized carbons (Fsp3) is 0.480. The van der Waals surface area contributed by atoms with E-state index in [1.54, 1.807) is 0 Å². The standard InChI is InChI=1S/C25H31N3O2/c1-25(17-30-18-25)24(29)27-12-13-28-21(16-27)14-26-15-22(28)23(19-8-4-2-5-9-19)20-10-6-3-7-11-20/h2-11,21-23,26H,12-18H2,1H3/t21-,22+/m1/s1. The molecule has 3 saturated heterocycles. The van der Waals surface area contributed by atoms with Gasteiger partial charge in [-0.15, -0.1) is 0 Å². The highest BCUT2D eigenvalue weighted by Crippen LogP contribution is 2.35. The van der Waals surface area contributed by atoms with Gasteiger partial charge in [0.15, 0.2) is 0 Å². The zero-order chi connectivity index (χ0) is 20.6. The molecule has 3 aliphatic heterocycles. The van der Waals surface area contributed by atoms with Crippen LogP contribution in [0.3, 0.4) is 0 Å². The van der Waals surface area contributed by atoms with E-state index in [4.69, 9.17) is 4.74 Å². The van der Waals surface area contributed by atoms with Gasteiger partial charge >= 0.3 is 0 Å². The molecule has 158 valence electrons. The monoisotopic (exact) mass is 405 g/mol. The molecule has 0 radical (unpaired) electrons. The number of nitrogens with zero attached hydrogens (tertiary/aromatic N) is 2. The van der Waals surface area contributed by atoms with E-state index < -0.39 is 0 Å². The molecule has 1 amide bonds. The van der Waals surface area contributed by atoms with Crippen molar-refractivity contribution in [3.05, 3.63) is 71.8 Å². The first-order chi connectivity index (χ1) is 14.7. The van der Waals surface area contributed by atoms with Crippen LogP contribution in [0.1, 0.15) is 24.0 Å². The van der Waals surface area contributed by atoms with E-state index in [2.05, 4.69) is 75.8 Å². The number of nitrogens with one attached hydrogen (secondary N) is 1. The van der Waals surface area contributed by atoms with Crippen LogP contribution < -0.4 is 5.32 Å². The summed E-state index contributed by atoms with van der Waals surface area (Å²) in [5, 5.41) is 3.68. The van der Waals surface area contributed by atoms with Gasteiger partial charge in [0.1, 0.15) is 0 Å². The third kappa shape index (κ3) is 3.55. The molecule has 3 heterocycles. The third-order valence-corrected chi connectivity index (χ3v) is 7.03. The molecule has 2 aromatic carbocycles. The van der Waals surface area contributed by atoms with Crippen LogP contribution >= 0.6 is 0 Å². The number of amides is 1. The Hall–Kier alpha value is -2.21. The second-order valence-electron chi connectivity index (χ2n) is 9.22. The molecular weight excluding hydrogens is 374 g/mol. The molecule has 3 aliphatic rings. The van der Waals surface area contributed by atoms with Crippen molar-refractivity contribution in [2.24, 2.45) is 5.41 Å². The van der Waals surface area contributed by atoms with Crippen molar-refractivity contribution in [3.8, 4) is 0 Å². The van der Waals surface area contributed by atoms with Crippen molar-refractivity contribution >= 4 is 5.91 Å². The molecule has 0 unspecified atom stereocenters. The number of ether oxygens (including phenoxy) is 1. The molecule has 3 fully saturated rings. The first kappa shape index (κ1) is 19.7. The summed E-state index contributed by atoms with van der Waals surface area (Å²) >= 11 is 0. The lowest BCUT2D eigenvalue weighted by molar-refractivity contribution is -0.172. The summed E-state index contributed by atoms with van der Waals surface area (Å²) in [6.07, 6.45) is 0. The lowest BCUT2D eigenvalue weighted by Crippen LogP contribution is -2.68. The summed E-state index contributed by atoms with van der Waals surface area (Å²) in [5.41, 5.74) is 2.39. The highest BCUT2D eigenvalue weighted by molar-refractivity contribution is 5.83. The minimum atomic E-state index is -0.319. The molecule has 5 nitrogen and oxygen atoms in total. The largest absolute Gasteiger partial charge is 0.379 e. The first-order valence-electron chi connectivity index (χ1n) is 11.1. The molecule has 0 saturated carbocycles. The number of fused-ring (bicyclic) bond motifs is 1. The van der Waals surface area contributed by atoms with Crippen LogP contribution in [-0.4, -0.2) is 73.7 Å². The van der Waals surface area contributed by atoms with Crippen molar-refractivity contribution in [1.29, 1.82) is 0 Å². The first-order valence-corrected chi connectivity index (χ1v) is 11.1. The number of rotatable bonds is 4. The Balaban J connectivity index is 1.40. The predicted molar refractivity (Wildman–Crippen MR) is 117 cm³/mol. The van der Waals surface area contributed by atoms with E-state index in [9.17, 15) is 4.79 Å². The van der Waals surface area contributed by atoms with Gasteiger partial charge in [-0.2, -0.15) is 0 Å². The molecule has 1 N–H and O–H groups in total. The van der Waals surface area contributed by atoms with Crippen molar-refractivity contribution in [3.63, 3.8) is 0 Å². The Morgan fingerprint density at radius 3 is 2.20 bits per heavy atom. The molecule has 5 rings (SSSR count). The van der Waals surface area contributed by atoms with Gasteiger partial charge in [-0.3, -0.25) is 9.69 Å². The SMILES string of the molecule is CC1(C(=O)N2CCN3[C@H](CNC[C@H]3C(c3ccccc3)c3ccccc3)C2)COC1. The molecule has 30 heavy (non-hydrogen) atoms. The minimum absolute atomic E-state index is 0.262. The van der Waals surface area contributed by atoms with Crippen molar-refractivity contribution in [2.75, 3.05) is 45.9 Å². The maximum absolute atomic E-state index is 13.0. The number of carbonyl (C=O) groups excluding carboxylic acids is 1. The fourth-order valence-electron chi connectivity index (χ4n) is 5.37. The van der Waals surface area contributed by atoms with Crippen LogP contribution in [0.4, 0.5) is 0 Å². The smallest absolute Gasteiger partial charge is 0.233 e. The van der Waals surface area contributed by atoms with E-state index >= 15 is 0 Å². The van der Waals surface area contributed by atoms with Gasteiger partial charge in [0, 0.05) is 50.7 Å². The second-order valence-corrected chi connectivity index (χ2v) is 9.22. The van der Waals surface area contributed by atoms with Gasteiger partial charge < -0.3 is 15.0 Å². The molecule has 0 aliphatic carbocycles. The summed E-state index contributed by atoms with van der Waals surface area (Å²) in [7, 11) is 0. The van der Waals surface area contributed by atoms with Gasteiger partial charge in [0.25, 0.3) is 0 Å². The summed E-state index contributed by atoms with van der Waals surface area (Å²) in [6.45, 7) is 7.58. The molecule has 5 heteroatoms. The number of piperazine rings is 2. The lowest BCUT2D eigenvalue weighted by Gasteiger charge is -2.52. The van der Waals surface area contributed by atoms with Gasteiger partial charge in [-0.05, 0) is 18.1 Å². The highest BCUT2D eigenvalue weighted by Gasteiger charge is 2.47. The zero-order valence-corrected chi connectivity index (χ0v) is 17.7.